The standard InChI is InChI=1S/C21H17N3O3S/c1-2-15(20(26)27)24-16-9-5-6-10-17(16)28-21(24)23-19(25)18-14-8-4-3-7-13(14)11-12-22-18/h3-12,15H,2H2,1H3,(H,26,27)/b23-21+. The lowest BCUT2D eigenvalue weighted by Gasteiger charge is -2.13. The Morgan fingerprint density at radius 1 is 1.14 bits per heavy atom. The summed E-state index contributed by atoms with van der Waals surface area (Å²) in [6.07, 6.45) is 1.96. The minimum absolute atomic E-state index is 0.255. The first kappa shape index (κ1) is 18.1. The van der Waals surface area contributed by atoms with Crippen molar-refractivity contribution >= 4 is 44.2 Å². The Morgan fingerprint density at radius 3 is 2.68 bits per heavy atom. The number of carboxylic acids is 1. The summed E-state index contributed by atoms with van der Waals surface area (Å²) < 4.78 is 2.50. The summed E-state index contributed by atoms with van der Waals surface area (Å²) in [5.41, 5.74) is 1.00. The number of aromatic nitrogens is 2. The number of rotatable bonds is 4. The maximum atomic E-state index is 13.0. The van der Waals surface area contributed by atoms with Crippen LogP contribution in [-0.2, 0) is 4.79 Å². The van der Waals surface area contributed by atoms with Crippen LogP contribution in [0.15, 0.2) is 65.8 Å². The van der Waals surface area contributed by atoms with Gasteiger partial charge in [0.1, 0.15) is 11.7 Å². The molecular formula is C21H17N3O3S. The van der Waals surface area contributed by atoms with E-state index in [4.69, 9.17) is 0 Å². The molecule has 0 spiro atoms. The zero-order valence-corrected chi connectivity index (χ0v) is 15.9. The average molecular weight is 391 g/mol. The summed E-state index contributed by atoms with van der Waals surface area (Å²) in [5.74, 6) is -1.44. The van der Waals surface area contributed by atoms with Crippen molar-refractivity contribution in [3.63, 3.8) is 0 Å². The molecule has 28 heavy (non-hydrogen) atoms. The maximum absolute atomic E-state index is 13.0. The molecule has 140 valence electrons. The van der Waals surface area contributed by atoms with E-state index in [0.29, 0.717) is 11.2 Å². The molecule has 0 saturated carbocycles. The Kier molecular flexibility index (Phi) is 4.75. The number of pyridine rings is 1. The molecule has 1 amide bonds. The second-order valence-corrected chi connectivity index (χ2v) is 7.29. The van der Waals surface area contributed by atoms with Crippen LogP contribution in [0, 0.1) is 0 Å². The Balaban J connectivity index is 1.94. The van der Waals surface area contributed by atoms with Gasteiger partial charge in [-0.15, -0.1) is 0 Å². The number of carbonyl (C=O) groups is 2. The first-order valence-corrected chi connectivity index (χ1v) is 9.67. The van der Waals surface area contributed by atoms with Crippen LogP contribution in [0.4, 0.5) is 0 Å². The molecule has 0 radical (unpaired) electrons. The quantitative estimate of drug-likeness (QED) is 0.569. The second kappa shape index (κ2) is 7.36. The Labute approximate surface area is 164 Å². The normalized spacial score (nSPS) is 13.1. The van der Waals surface area contributed by atoms with E-state index in [-0.39, 0.29) is 5.69 Å². The van der Waals surface area contributed by atoms with Crippen LogP contribution in [0.5, 0.6) is 0 Å². The molecule has 2 heterocycles. The molecule has 7 heteroatoms. The third kappa shape index (κ3) is 3.10. The van der Waals surface area contributed by atoms with E-state index in [0.717, 1.165) is 21.0 Å². The number of carboxylic acid groups (broad SMARTS) is 1. The highest BCUT2D eigenvalue weighted by Gasteiger charge is 2.22. The number of hydrogen-bond donors (Lipinski definition) is 1. The lowest BCUT2D eigenvalue weighted by Crippen LogP contribution is -2.27. The van der Waals surface area contributed by atoms with Gasteiger partial charge in [0.25, 0.3) is 5.91 Å². The van der Waals surface area contributed by atoms with E-state index in [9.17, 15) is 14.7 Å². The molecule has 4 aromatic rings. The number of amides is 1. The summed E-state index contributed by atoms with van der Waals surface area (Å²) in [6.45, 7) is 1.80. The third-order valence-corrected chi connectivity index (χ3v) is 5.62. The van der Waals surface area contributed by atoms with E-state index >= 15 is 0 Å². The minimum atomic E-state index is -0.955. The topological polar surface area (TPSA) is 84.5 Å². The molecule has 1 atom stereocenters. The van der Waals surface area contributed by atoms with Crippen molar-refractivity contribution in [2.45, 2.75) is 19.4 Å². The molecule has 4 rings (SSSR count). The molecule has 6 nitrogen and oxygen atoms in total. The fourth-order valence-corrected chi connectivity index (χ4v) is 4.34. The largest absolute Gasteiger partial charge is 0.480 e. The SMILES string of the molecule is CCC(C(=O)O)n1/c(=N\C(=O)c2nccc3ccccc23)sc2ccccc21. The van der Waals surface area contributed by atoms with Crippen molar-refractivity contribution in [1.82, 2.24) is 9.55 Å². The van der Waals surface area contributed by atoms with Gasteiger partial charge in [0.05, 0.1) is 10.2 Å². The molecule has 0 fully saturated rings. The van der Waals surface area contributed by atoms with Crippen molar-refractivity contribution in [1.29, 1.82) is 0 Å². The summed E-state index contributed by atoms with van der Waals surface area (Å²) in [6, 6.07) is 16.0. The van der Waals surface area contributed by atoms with Crippen LogP contribution in [0.1, 0.15) is 29.9 Å². The van der Waals surface area contributed by atoms with Crippen LogP contribution < -0.4 is 4.80 Å². The van der Waals surface area contributed by atoms with Gasteiger partial charge in [-0.1, -0.05) is 54.7 Å². The molecular weight excluding hydrogens is 374 g/mol. The fourth-order valence-electron chi connectivity index (χ4n) is 3.27. The molecule has 2 aromatic carbocycles. The van der Waals surface area contributed by atoms with Crippen LogP contribution in [0.3, 0.4) is 0 Å². The predicted octanol–water partition coefficient (Wildman–Crippen LogP) is 4.03. The summed E-state index contributed by atoms with van der Waals surface area (Å²) in [4.78, 5) is 33.6. The Morgan fingerprint density at radius 2 is 1.89 bits per heavy atom. The first-order valence-electron chi connectivity index (χ1n) is 8.86. The van der Waals surface area contributed by atoms with Crippen molar-refractivity contribution in [2.24, 2.45) is 4.99 Å². The van der Waals surface area contributed by atoms with Crippen LogP contribution in [0.2, 0.25) is 0 Å². The zero-order chi connectivity index (χ0) is 19.7. The number of aliphatic carboxylic acids is 1. The molecule has 1 N–H and O–H groups in total. The minimum Gasteiger partial charge on any atom is -0.480 e. The number of para-hydroxylation sites is 1. The van der Waals surface area contributed by atoms with E-state index in [2.05, 4.69) is 9.98 Å². The first-order chi connectivity index (χ1) is 13.6. The number of thiazole rings is 1. The average Bonchev–Trinajstić information content (AvgIpc) is 3.05. The van der Waals surface area contributed by atoms with Crippen molar-refractivity contribution in [3.05, 3.63) is 71.3 Å². The zero-order valence-electron chi connectivity index (χ0n) is 15.1. The fraction of sp³-hybridized carbons (Fsp3) is 0.143. The highest BCUT2D eigenvalue weighted by molar-refractivity contribution is 7.16. The molecule has 0 bridgehead atoms. The molecule has 0 aliphatic carbocycles. The molecule has 0 saturated heterocycles. The van der Waals surface area contributed by atoms with Gasteiger partial charge in [0, 0.05) is 11.6 Å². The number of fused-ring (bicyclic) bond motifs is 2. The molecule has 1 unspecified atom stereocenters. The number of hydrogen-bond acceptors (Lipinski definition) is 4. The Bertz CT molecular complexity index is 1270. The molecule has 0 aliphatic heterocycles. The number of carbonyl (C=O) groups excluding carboxylic acids is 1. The maximum Gasteiger partial charge on any atom is 0.326 e. The second-order valence-electron chi connectivity index (χ2n) is 6.28. The van der Waals surface area contributed by atoms with Crippen molar-refractivity contribution < 1.29 is 14.7 Å². The Hall–Kier alpha value is -3.32. The molecule has 2 aromatic heterocycles. The van der Waals surface area contributed by atoms with Gasteiger partial charge in [-0.3, -0.25) is 9.78 Å². The van der Waals surface area contributed by atoms with Gasteiger partial charge in [0.2, 0.25) is 0 Å². The van der Waals surface area contributed by atoms with E-state index in [1.54, 1.807) is 17.7 Å². The monoisotopic (exact) mass is 391 g/mol. The van der Waals surface area contributed by atoms with Gasteiger partial charge in [-0.2, -0.15) is 4.99 Å². The van der Waals surface area contributed by atoms with Gasteiger partial charge in [0.15, 0.2) is 4.80 Å². The lowest BCUT2D eigenvalue weighted by molar-refractivity contribution is -0.140. The predicted molar refractivity (Wildman–Crippen MR) is 108 cm³/mol. The van der Waals surface area contributed by atoms with E-state index in [1.807, 2.05) is 54.6 Å². The molecule has 0 aliphatic rings. The lowest BCUT2D eigenvalue weighted by atomic mass is 10.1. The van der Waals surface area contributed by atoms with Crippen molar-refractivity contribution in [2.75, 3.05) is 0 Å². The van der Waals surface area contributed by atoms with Gasteiger partial charge in [-0.05, 0) is 30.0 Å². The summed E-state index contributed by atoms with van der Waals surface area (Å²) in [7, 11) is 0. The summed E-state index contributed by atoms with van der Waals surface area (Å²) >= 11 is 1.30. The number of nitrogens with zero attached hydrogens (tertiary/aromatic N) is 3. The van der Waals surface area contributed by atoms with E-state index < -0.39 is 17.9 Å². The van der Waals surface area contributed by atoms with E-state index in [1.165, 1.54) is 11.3 Å². The van der Waals surface area contributed by atoms with Crippen LogP contribution >= 0.6 is 11.3 Å². The van der Waals surface area contributed by atoms with Gasteiger partial charge < -0.3 is 9.67 Å². The van der Waals surface area contributed by atoms with Gasteiger partial charge in [-0.25, -0.2) is 4.79 Å². The highest BCUT2D eigenvalue weighted by atomic mass is 32.1. The van der Waals surface area contributed by atoms with Crippen LogP contribution in [0.25, 0.3) is 21.0 Å². The third-order valence-electron chi connectivity index (χ3n) is 4.59. The van der Waals surface area contributed by atoms with Gasteiger partial charge >= 0.3 is 5.97 Å². The highest BCUT2D eigenvalue weighted by Crippen LogP contribution is 2.23. The smallest absolute Gasteiger partial charge is 0.326 e. The van der Waals surface area contributed by atoms with Crippen LogP contribution in [-0.4, -0.2) is 26.5 Å². The van der Waals surface area contributed by atoms with Crippen molar-refractivity contribution in [3.8, 4) is 0 Å². The number of benzene rings is 2. The summed E-state index contributed by atoms with van der Waals surface area (Å²) in [5, 5.41) is 11.3.